The molecule has 1 aliphatic carbocycles. The quantitative estimate of drug-likeness (QED) is 0.772. The van der Waals surface area contributed by atoms with Crippen LogP contribution in [0.1, 0.15) is 50.6 Å². The molecule has 2 rings (SSSR count). The molecule has 0 amide bonds. The minimum Gasteiger partial charge on any atom is -0.323 e. The van der Waals surface area contributed by atoms with E-state index in [1.165, 1.54) is 37.7 Å². The van der Waals surface area contributed by atoms with Crippen LogP contribution < -0.4 is 5.73 Å². The summed E-state index contributed by atoms with van der Waals surface area (Å²) in [5.74, 6) is 0. The number of benzene rings is 1. The van der Waals surface area contributed by atoms with Crippen molar-refractivity contribution in [1.82, 2.24) is 0 Å². The first kappa shape index (κ1) is 13.6. The van der Waals surface area contributed by atoms with Crippen molar-refractivity contribution in [3.8, 4) is 0 Å². The third kappa shape index (κ3) is 2.94. The Balaban J connectivity index is 2.29. The maximum Gasteiger partial charge on any atom is 0.0361 e. The van der Waals surface area contributed by atoms with E-state index in [2.05, 4.69) is 50.9 Å². The maximum absolute atomic E-state index is 6.52. The van der Waals surface area contributed by atoms with Crippen LogP contribution in [0.5, 0.6) is 0 Å². The Labute approximate surface area is 120 Å². The minimum atomic E-state index is 0.120. The number of hydrogen-bond acceptors (Lipinski definition) is 1. The van der Waals surface area contributed by atoms with Gasteiger partial charge in [0.05, 0.1) is 0 Å². The van der Waals surface area contributed by atoms with Crippen molar-refractivity contribution in [3.63, 3.8) is 0 Å². The molecule has 1 aromatic carbocycles. The van der Waals surface area contributed by atoms with Gasteiger partial charge in [-0.2, -0.15) is 0 Å². The van der Waals surface area contributed by atoms with Gasteiger partial charge in [0.2, 0.25) is 0 Å². The standard InChI is InChI=1S/C14H19Br2N/c1-14(7-3-2-4-8-14)13(17)11-9-10(15)5-6-12(11)16/h5-6,9,13H,2-4,7-8,17H2,1H3. The van der Waals surface area contributed by atoms with Crippen LogP contribution in [-0.4, -0.2) is 0 Å². The molecular formula is C14H19Br2N. The first-order valence-corrected chi connectivity index (χ1v) is 7.82. The molecule has 0 aromatic heterocycles. The topological polar surface area (TPSA) is 26.0 Å². The van der Waals surface area contributed by atoms with Gasteiger partial charge in [-0.25, -0.2) is 0 Å². The van der Waals surface area contributed by atoms with E-state index < -0.39 is 0 Å². The average Bonchev–Trinajstić information content (AvgIpc) is 2.32. The first-order valence-electron chi connectivity index (χ1n) is 6.23. The zero-order chi connectivity index (χ0) is 12.5. The van der Waals surface area contributed by atoms with Gasteiger partial charge in [0, 0.05) is 15.0 Å². The highest BCUT2D eigenvalue weighted by atomic mass is 79.9. The number of nitrogens with two attached hydrogens (primary N) is 1. The van der Waals surface area contributed by atoms with Gasteiger partial charge in [-0.05, 0) is 42.0 Å². The van der Waals surface area contributed by atoms with Crippen molar-refractivity contribution >= 4 is 31.9 Å². The summed E-state index contributed by atoms with van der Waals surface area (Å²) in [4.78, 5) is 0. The van der Waals surface area contributed by atoms with Crippen LogP contribution in [0.4, 0.5) is 0 Å². The zero-order valence-electron chi connectivity index (χ0n) is 10.2. The van der Waals surface area contributed by atoms with Crippen LogP contribution in [0.25, 0.3) is 0 Å². The van der Waals surface area contributed by atoms with Crippen molar-refractivity contribution in [2.24, 2.45) is 11.1 Å². The summed E-state index contributed by atoms with van der Waals surface area (Å²) in [5.41, 5.74) is 8.00. The molecule has 0 heterocycles. The second-order valence-electron chi connectivity index (χ2n) is 5.36. The highest BCUT2D eigenvalue weighted by molar-refractivity contribution is 9.11. The fourth-order valence-corrected chi connectivity index (χ4v) is 3.67. The first-order chi connectivity index (χ1) is 8.03. The van der Waals surface area contributed by atoms with Gasteiger partial charge in [0.25, 0.3) is 0 Å². The summed E-state index contributed by atoms with van der Waals surface area (Å²) in [6.45, 7) is 2.34. The second-order valence-corrected chi connectivity index (χ2v) is 7.13. The zero-order valence-corrected chi connectivity index (χ0v) is 13.4. The van der Waals surface area contributed by atoms with E-state index >= 15 is 0 Å². The summed E-state index contributed by atoms with van der Waals surface area (Å²) in [7, 11) is 0. The van der Waals surface area contributed by atoms with Gasteiger partial charge in [0.15, 0.2) is 0 Å². The number of hydrogen-bond donors (Lipinski definition) is 1. The summed E-state index contributed by atoms with van der Waals surface area (Å²) >= 11 is 7.15. The van der Waals surface area contributed by atoms with Gasteiger partial charge in [0.1, 0.15) is 0 Å². The Kier molecular flexibility index (Phi) is 4.32. The van der Waals surface area contributed by atoms with E-state index in [0.29, 0.717) is 0 Å². The fourth-order valence-electron chi connectivity index (χ4n) is 2.80. The van der Waals surface area contributed by atoms with E-state index in [9.17, 15) is 0 Å². The average molecular weight is 361 g/mol. The van der Waals surface area contributed by atoms with Crippen LogP contribution in [0.15, 0.2) is 27.1 Å². The highest BCUT2D eigenvalue weighted by Gasteiger charge is 2.34. The molecule has 1 fully saturated rings. The lowest BCUT2D eigenvalue weighted by molar-refractivity contribution is 0.170. The van der Waals surface area contributed by atoms with Crippen LogP contribution in [0, 0.1) is 5.41 Å². The Morgan fingerprint density at radius 2 is 1.82 bits per heavy atom. The van der Waals surface area contributed by atoms with E-state index in [1.54, 1.807) is 0 Å². The molecule has 0 spiro atoms. The third-order valence-electron chi connectivity index (χ3n) is 4.04. The van der Waals surface area contributed by atoms with Gasteiger partial charge in [-0.15, -0.1) is 0 Å². The summed E-state index contributed by atoms with van der Waals surface area (Å²) in [6, 6.07) is 6.39. The predicted molar refractivity (Wildman–Crippen MR) is 80.0 cm³/mol. The monoisotopic (exact) mass is 359 g/mol. The predicted octanol–water partition coefficient (Wildman–Crippen LogP) is 5.18. The molecule has 1 unspecified atom stereocenters. The van der Waals surface area contributed by atoms with Gasteiger partial charge in [-0.3, -0.25) is 0 Å². The van der Waals surface area contributed by atoms with Crippen LogP contribution >= 0.6 is 31.9 Å². The molecule has 1 saturated carbocycles. The van der Waals surface area contributed by atoms with Gasteiger partial charge < -0.3 is 5.73 Å². The highest BCUT2D eigenvalue weighted by Crippen LogP contribution is 2.46. The molecule has 1 aromatic rings. The number of halogens is 2. The molecule has 0 aliphatic heterocycles. The normalized spacial score (nSPS) is 21.2. The van der Waals surface area contributed by atoms with Crippen molar-refractivity contribution in [2.75, 3.05) is 0 Å². The van der Waals surface area contributed by atoms with E-state index in [0.717, 1.165) is 8.95 Å². The van der Waals surface area contributed by atoms with E-state index in [4.69, 9.17) is 5.73 Å². The van der Waals surface area contributed by atoms with Gasteiger partial charge >= 0.3 is 0 Å². The Hall–Kier alpha value is 0.140. The van der Waals surface area contributed by atoms with E-state index in [1.807, 2.05) is 6.07 Å². The molecule has 17 heavy (non-hydrogen) atoms. The third-order valence-corrected chi connectivity index (χ3v) is 5.26. The summed E-state index contributed by atoms with van der Waals surface area (Å²) in [6.07, 6.45) is 6.48. The molecule has 1 aliphatic rings. The Morgan fingerprint density at radius 3 is 2.47 bits per heavy atom. The molecule has 94 valence electrons. The lowest BCUT2D eigenvalue weighted by atomic mass is 9.69. The lowest BCUT2D eigenvalue weighted by Crippen LogP contribution is -2.34. The van der Waals surface area contributed by atoms with Crippen LogP contribution in [-0.2, 0) is 0 Å². The molecule has 1 nitrogen and oxygen atoms in total. The second kappa shape index (κ2) is 5.41. The SMILES string of the molecule is CC1(C(N)c2cc(Br)ccc2Br)CCCCC1. The van der Waals surface area contributed by atoms with Crippen molar-refractivity contribution in [2.45, 2.75) is 45.1 Å². The molecule has 3 heteroatoms. The van der Waals surface area contributed by atoms with Crippen molar-refractivity contribution in [3.05, 3.63) is 32.7 Å². The molecular weight excluding hydrogens is 342 g/mol. The van der Waals surface area contributed by atoms with E-state index in [-0.39, 0.29) is 11.5 Å². The maximum atomic E-state index is 6.52. The lowest BCUT2D eigenvalue weighted by Gasteiger charge is -2.39. The fraction of sp³-hybridized carbons (Fsp3) is 0.571. The minimum absolute atomic E-state index is 0.120. The largest absolute Gasteiger partial charge is 0.323 e. The van der Waals surface area contributed by atoms with Crippen LogP contribution in [0.3, 0.4) is 0 Å². The summed E-state index contributed by atoms with van der Waals surface area (Å²) < 4.78 is 2.23. The van der Waals surface area contributed by atoms with Crippen molar-refractivity contribution < 1.29 is 0 Å². The molecule has 0 bridgehead atoms. The molecule has 0 radical (unpaired) electrons. The molecule has 1 atom stereocenters. The molecule has 0 saturated heterocycles. The number of rotatable bonds is 2. The van der Waals surface area contributed by atoms with Gasteiger partial charge in [-0.1, -0.05) is 58.0 Å². The van der Waals surface area contributed by atoms with Crippen LogP contribution in [0.2, 0.25) is 0 Å². The molecule has 2 N–H and O–H groups in total. The summed E-state index contributed by atoms with van der Waals surface area (Å²) in [5, 5.41) is 0. The Morgan fingerprint density at radius 1 is 1.18 bits per heavy atom. The Bertz CT molecular complexity index is 397. The van der Waals surface area contributed by atoms with Crippen molar-refractivity contribution in [1.29, 1.82) is 0 Å². The smallest absolute Gasteiger partial charge is 0.0361 e.